The highest BCUT2D eigenvalue weighted by atomic mass is 32.1. The molecule has 4 nitrogen and oxygen atoms in total. The first kappa shape index (κ1) is 16.6. The van der Waals surface area contributed by atoms with E-state index in [2.05, 4.69) is 17.9 Å². The van der Waals surface area contributed by atoms with Gasteiger partial charge in [-0.3, -0.25) is 9.59 Å². The molecule has 0 saturated carbocycles. The van der Waals surface area contributed by atoms with E-state index in [1.165, 1.54) is 0 Å². The molecule has 0 aliphatic carbocycles. The molecule has 5 heteroatoms. The molecule has 1 aromatic rings. The van der Waals surface area contributed by atoms with Crippen molar-refractivity contribution in [3.05, 3.63) is 35.9 Å². The number of carbonyl (C=O) groups is 2. The Kier molecular flexibility index (Phi) is 7.15. The van der Waals surface area contributed by atoms with Crippen LogP contribution < -0.4 is 5.32 Å². The minimum Gasteiger partial charge on any atom is -0.358 e. The van der Waals surface area contributed by atoms with Crippen LogP contribution in [-0.2, 0) is 16.0 Å². The van der Waals surface area contributed by atoms with E-state index in [4.69, 9.17) is 0 Å². The van der Waals surface area contributed by atoms with Crippen molar-refractivity contribution >= 4 is 24.4 Å². The van der Waals surface area contributed by atoms with E-state index in [-0.39, 0.29) is 18.4 Å². The van der Waals surface area contributed by atoms with E-state index >= 15 is 0 Å². The molecule has 0 aliphatic rings. The van der Waals surface area contributed by atoms with Gasteiger partial charge in [0.25, 0.3) is 0 Å². The Bertz CT molecular complexity index is 437. The van der Waals surface area contributed by atoms with E-state index in [1.54, 1.807) is 11.9 Å². The van der Waals surface area contributed by atoms with Gasteiger partial charge >= 0.3 is 0 Å². The van der Waals surface area contributed by atoms with Crippen LogP contribution in [0.1, 0.15) is 18.9 Å². The number of benzene rings is 1. The van der Waals surface area contributed by atoms with Crippen LogP contribution in [0, 0.1) is 0 Å². The second-order valence-corrected chi connectivity index (χ2v) is 5.26. The average molecular weight is 294 g/mol. The van der Waals surface area contributed by atoms with Crippen molar-refractivity contribution in [1.82, 2.24) is 10.2 Å². The van der Waals surface area contributed by atoms with Crippen LogP contribution in [0.3, 0.4) is 0 Å². The number of nitrogens with zero attached hydrogens (tertiary/aromatic N) is 1. The molecule has 1 N–H and O–H groups in total. The maximum Gasteiger partial charge on any atom is 0.239 e. The molecule has 0 fully saturated rings. The second kappa shape index (κ2) is 8.64. The van der Waals surface area contributed by atoms with Crippen LogP contribution in [0.2, 0.25) is 0 Å². The van der Waals surface area contributed by atoms with Crippen LogP contribution >= 0.6 is 12.6 Å². The lowest BCUT2D eigenvalue weighted by molar-refractivity contribution is -0.135. The molecule has 1 aromatic carbocycles. The standard InChI is InChI=1S/C15H22N2O2S/c1-3-9-17(11-14(18)16-2)15(19)13(20)10-12-7-5-4-6-8-12/h4-8,13,20H,3,9-11H2,1-2H3,(H,16,18). The highest BCUT2D eigenvalue weighted by molar-refractivity contribution is 7.81. The van der Waals surface area contributed by atoms with Crippen LogP contribution in [0.25, 0.3) is 0 Å². The minimum atomic E-state index is -0.423. The zero-order chi connectivity index (χ0) is 15.0. The lowest BCUT2D eigenvalue weighted by atomic mass is 10.1. The minimum absolute atomic E-state index is 0.0923. The zero-order valence-corrected chi connectivity index (χ0v) is 12.9. The SMILES string of the molecule is CCCN(CC(=O)NC)C(=O)C(S)Cc1ccccc1. The van der Waals surface area contributed by atoms with Crippen molar-refractivity contribution in [2.24, 2.45) is 0 Å². The van der Waals surface area contributed by atoms with E-state index in [0.717, 1.165) is 12.0 Å². The summed E-state index contributed by atoms with van der Waals surface area (Å²) < 4.78 is 0. The van der Waals surface area contributed by atoms with Crippen LogP contribution in [0.4, 0.5) is 0 Å². The molecular formula is C15H22N2O2S. The lowest BCUT2D eigenvalue weighted by Crippen LogP contribution is -2.44. The van der Waals surface area contributed by atoms with Gasteiger partial charge in [-0.2, -0.15) is 12.6 Å². The fourth-order valence-electron chi connectivity index (χ4n) is 1.92. The normalized spacial score (nSPS) is 11.8. The number of rotatable bonds is 7. The van der Waals surface area contributed by atoms with Crippen molar-refractivity contribution in [2.75, 3.05) is 20.1 Å². The van der Waals surface area contributed by atoms with E-state index in [9.17, 15) is 9.59 Å². The summed E-state index contributed by atoms with van der Waals surface area (Å²) in [6.07, 6.45) is 1.38. The van der Waals surface area contributed by atoms with Gasteiger partial charge in [0.05, 0.1) is 11.8 Å². The molecular weight excluding hydrogens is 272 g/mol. The third kappa shape index (κ3) is 5.25. The molecule has 1 rings (SSSR count). The fraction of sp³-hybridized carbons (Fsp3) is 0.467. The number of likely N-dealkylation sites (N-methyl/N-ethyl adjacent to an activating group) is 1. The van der Waals surface area contributed by atoms with Crippen LogP contribution in [-0.4, -0.2) is 42.1 Å². The Morgan fingerprint density at radius 2 is 1.95 bits per heavy atom. The Labute approximate surface area is 126 Å². The molecule has 0 bridgehead atoms. The molecule has 0 radical (unpaired) electrons. The van der Waals surface area contributed by atoms with Crippen molar-refractivity contribution in [3.8, 4) is 0 Å². The van der Waals surface area contributed by atoms with Crippen molar-refractivity contribution in [1.29, 1.82) is 0 Å². The molecule has 2 amide bonds. The van der Waals surface area contributed by atoms with Crippen LogP contribution in [0.5, 0.6) is 0 Å². The number of hydrogen-bond acceptors (Lipinski definition) is 3. The highest BCUT2D eigenvalue weighted by Crippen LogP contribution is 2.11. The highest BCUT2D eigenvalue weighted by Gasteiger charge is 2.22. The molecule has 20 heavy (non-hydrogen) atoms. The number of amides is 2. The van der Waals surface area contributed by atoms with Gasteiger partial charge in [0.1, 0.15) is 0 Å². The summed E-state index contributed by atoms with van der Waals surface area (Å²) in [6.45, 7) is 2.64. The molecule has 1 atom stereocenters. The Balaban J connectivity index is 2.65. The lowest BCUT2D eigenvalue weighted by Gasteiger charge is -2.24. The summed E-state index contributed by atoms with van der Waals surface area (Å²) in [5, 5.41) is 2.12. The monoisotopic (exact) mass is 294 g/mol. The van der Waals surface area contributed by atoms with E-state index < -0.39 is 5.25 Å². The third-order valence-electron chi connectivity index (χ3n) is 2.98. The molecule has 0 spiro atoms. The van der Waals surface area contributed by atoms with Crippen LogP contribution in [0.15, 0.2) is 30.3 Å². The summed E-state index contributed by atoms with van der Waals surface area (Å²) in [4.78, 5) is 25.4. The Morgan fingerprint density at radius 1 is 1.30 bits per heavy atom. The molecule has 1 unspecified atom stereocenters. The number of thiol groups is 1. The van der Waals surface area contributed by atoms with Gasteiger partial charge in [-0.05, 0) is 18.4 Å². The summed E-state index contributed by atoms with van der Waals surface area (Å²) in [5.74, 6) is -0.255. The van der Waals surface area contributed by atoms with Crippen molar-refractivity contribution < 1.29 is 9.59 Å². The predicted octanol–water partition coefficient (Wildman–Crippen LogP) is 1.51. The van der Waals surface area contributed by atoms with Gasteiger partial charge < -0.3 is 10.2 Å². The van der Waals surface area contributed by atoms with E-state index in [1.807, 2.05) is 37.3 Å². The van der Waals surface area contributed by atoms with Gasteiger partial charge in [-0.25, -0.2) is 0 Å². The van der Waals surface area contributed by atoms with Gasteiger partial charge in [0.15, 0.2) is 0 Å². The second-order valence-electron chi connectivity index (χ2n) is 4.64. The van der Waals surface area contributed by atoms with Gasteiger partial charge in [0, 0.05) is 13.6 Å². The Morgan fingerprint density at radius 3 is 2.50 bits per heavy atom. The smallest absolute Gasteiger partial charge is 0.239 e. The quantitative estimate of drug-likeness (QED) is 0.749. The molecule has 0 aromatic heterocycles. The largest absolute Gasteiger partial charge is 0.358 e. The summed E-state index contributed by atoms with van der Waals surface area (Å²) in [5.41, 5.74) is 1.07. The van der Waals surface area contributed by atoms with Gasteiger partial charge in [-0.15, -0.1) is 0 Å². The topological polar surface area (TPSA) is 49.4 Å². The maximum absolute atomic E-state index is 12.4. The summed E-state index contributed by atoms with van der Waals surface area (Å²) >= 11 is 4.40. The predicted molar refractivity (Wildman–Crippen MR) is 83.9 cm³/mol. The zero-order valence-electron chi connectivity index (χ0n) is 12.0. The number of hydrogen-bond donors (Lipinski definition) is 2. The average Bonchev–Trinajstić information content (AvgIpc) is 2.46. The Hall–Kier alpha value is -1.49. The first-order chi connectivity index (χ1) is 9.58. The van der Waals surface area contributed by atoms with Crippen molar-refractivity contribution in [2.45, 2.75) is 25.0 Å². The van der Waals surface area contributed by atoms with Gasteiger partial charge in [0.2, 0.25) is 11.8 Å². The molecule has 110 valence electrons. The first-order valence-electron chi connectivity index (χ1n) is 6.79. The summed E-state index contributed by atoms with van der Waals surface area (Å²) in [6, 6.07) is 9.76. The fourth-order valence-corrected chi connectivity index (χ4v) is 2.30. The molecule has 0 heterocycles. The summed E-state index contributed by atoms with van der Waals surface area (Å²) in [7, 11) is 1.57. The maximum atomic E-state index is 12.4. The molecule has 0 aliphatic heterocycles. The number of carbonyl (C=O) groups excluding carboxylic acids is 2. The third-order valence-corrected chi connectivity index (χ3v) is 3.38. The van der Waals surface area contributed by atoms with Gasteiger partial charge in [-0.1, -0.05) is 37.3 Å². The van der Waals surface area contributed by atoms with E-state index in [0.29, 0.717) is 13.0 Å². The van der Waals surface area contributed by atoms with Crippen molar-refractivity contribution in [3.63, 3.8) is 0 Å². The first-order valence-corrected chi connectivity index (χ1v) is 7.31. The number of nitrogens with one attached hydrogen (secondary N) is 1. The molecule has 0 saturated heterocycles.